The van der Waals surface area contributed by atoms with Crippen molar-refractivity contribution < 1.29 is 4.74 Å². The van der Waals surface area contributed by atoms with Gasteiger partial charge in [0.1, 0.15) is 5.82 Å². The second kappa shape index (κ2) is 7.76. The van der Waals surface area contributed by atoms with Crippen molar-refractivity contribution in [3.8, 4) is 0 Å². The number of nitrogens with two attached hydrogens (primary N) is 1. The topological polar surface area (TPSA) is 64.3 Å². The van der Waals surface area contributed by atoms with Crippen LogP contribution in [0, 0.1) is 0 Å². The first-order chi connectivity index (χ1) is 12.0. The van der Waals surface area contributed by atoms with Gasteiger partial charge in [-0.3, -0.25) is 4.98 Å². The molecule has 5 heteroatoms. The molecule has 2 aromatic rings. The van der Waals surface area contributed by atoms with Crippen molar-refractivity contribution >= 4 is 18.0 Å². The quantitative estimate of drug-likeness (QED) is 0.927. The molecule has 3 heterocycles. The summed E-state index contributed by atoms with van der Waals surface area (Å²) in [4.78, 5) is 11.4. The van der Waals surface area contributed by atoms with Crippen LogP contribution < -0.4 is 10.6 Å². The van der Waals surface area contributed by atoms with E-state index in [0.29, 0.717) is 0 Å². The van der Waals surface area contributed by atoms with E-state index in [0.717, 1.165) is 35.9 Å². The molecule has 0 spiro atoms. The smallest absolute Gasteiger partial charge is 0.129 e. The summed E-state index contributed by atoms with van der Waals surface area (Å²) in [6.07, 6.45) is 6.30. The predicted octanol–water partition coefficient (Wildman–Crippen LogP) is 3.28. The Hall–Kier alpha value is -2.24. The molecule has 25 heavy (non-hydrogen) atoms. The summed E-state index contributed by atoms with van der Waals surface area (Å²) in [5.74, 6) is 0.996. The Labute approximate surface area is 149 Å². The van der Waals surface area contributed by atoms with Gasteiger partial charge in [0, 0.05) is 25.3 Å². The number of ether oxygens (including phenoxy) is 1. The van der Waals surface area contributed by atoms with Crippen molar-refractivity contribution in [3.05, 3.63) is 53.5 Å². The maximum atomic E-state index is 5.90. The molecule has 0 saturated carbocycles. The van der Waals surface area contributed by atoms with E-state index in [1.807, 2.05) is 43.3 Å². The van der Waals surface area contributed by atoms with Gasteiger partial charge in [-0.1, -0.05) is 12.1 Å². The summed E-state index contributed by atoms with van der Waals surface area (Å²) >= 11 is 0. The Balaban J connectivity index is 1.76. The second-order valence-corrected chi connectivity index (χ2v) is 6.72. The van der Waals surface area contributed by atoms with Crippen molar-refractivity contribution in [2.24, 2.45) is 5.73 Å². The van der Waals surface area contributed by atoms with Gasteiger partial charge in [0.15, 0.2) is 0 Å². The number of aromatic nitrogens is 2. The molecule has 0 aliphatic carbocycles. The molecule has 1 fully saturated rings. The fourth-order valence-electron chi connectivity index (χ4n) is 3.07. The van der Waals surface area contributed by atoms with Crippen LogP contribution in [-0.4, -0.2) is 35.3 Å². The maximum Gasteiger partial charge on any atom is 0.129 e. The van der Waals surface area contributed by atoms with Gasteiger partial charge < -0.3 is 15.4 Å². The van der Waals surface area contributed by atoms with Gasteiger partial charge >= 0.3 is 0 Å². The first-order valence-corrected chi connectivity index (χ1v) is 8.78. The number of pyridine rings is 2. The first-order valence-electron chi connectivity index (χ1n) is 8.78. The molecule has 0 radical (unpaired) electrons. The van der Waals surface area contributed by atoms with E-state index in [1.165, 1.54) is 0 Å². The Bertz CT molecular complexity index is 734. The van der Waals surface area contributed by atoms with Crippen LogP contribution in [0.4, 0.5) is 5.82 Å². The van der Waals surface area contributed by atoms with Gasteiger partial charge in [-0.15, -0.1) is 0 Å². The summed E-state index contributed by atoms with van der Waals surface area (Å²) < 4.78 is 5.80. The van der Waals surface area contributed by atoms with Gasteiger partial charge in [0.05, 0.1) is 23.6 Å². The minimum atomic E-state index is -0.0693. The van der Waals surface area contributed by atoms with Crippen molar-refractivity contribution in [3.63, 3.8) is 0 Å². The van der Waals surface area contributed by atoms with Crippen LogP contribution in [0.3, 0.4) is 0 Å². The fraction of sp³-hybridized carbons (Fsp3) is 0.400. The highest BCUT2D eigenvalue weighted by Crippen LogP contribution is 2.19. The minimum absolute atomic E-state index is 0.0693. The molecule has 0 amide bonds. The van der Waals surface area contributed by atoms with Crippen molar-refractivity contribution in [1.29, 1.82) is 0 Å². The highest BCUT2D eigenvalue weighted by Gasteiger charge is 2.23. The summed E-state index contributed by atoms with van der Waals surface area (Å²) in [6, 6.07) is 10.0. The normalized spacial score (nSPS) is 22.3. The molecular weight excluding hydrogens is 312 g/mol. The number of anilines is 1. The lowest BCUT2D eigenvalue weighted by atomic mass is 10.1. The molecular formula is C20H26N4O. The van der Waals surface area contributed by atoms with Gasteiger partial charge in [0.25, 0.3) is 0 Å². The number of rotatable bonds is 4. The van der Waals surface area contributed by atoms with E-state index in [4.69, 9.17) is 15.5 Å². The molecule has 3 rings (SSSR count). The van der Waals surface area contributed by atoms with E-state index in [1.54, 1.807) is 6.20 Å². The predicted molar refractivity (Wildman–Crippen MR) is 102 cm³/mol. The van der Waals surface area contributed by atoms with Crippen molar-refractivity contribution in [2.45, 2.75) is 39.0 Å². The highest BCUT2D eigenvalue weighted by atomic mass is 16.5. The molecule has 3 atom stereocenters. The first kappa shape index (κ1) is 17.6. The van der Waals surface area contributed by atoms with Gasteiger partial charge in [-0.05, 0) is 56.7 Å². The largest absolute Gasteiger partial charge is 0.372 e. The van der Waals surface area contributed by atoms with E-state index >= 15 is 0 Å². The lowest BCUT2D eigenvalue weighted by molar-refractivity contribution is -0.00546. The third-order valence-corrected chi connectivity index (χ3v) is 4.22. The molecule has 5 nitrogen and oxygen atoms in total. The lowest BCUT2D eigenvalue weighted by Gasteiger charge is -2.36. The van der Waals surface area contributed by atoms with Gasteiger partial charge in [-0.25, -0.2) is 4.98 Å². The van der Waals surface area contributed by atoms with Crippen molar-refractivity contribution in [1.82, 2.24) is 9.97 Å². The third-order valence-electron chi connectivity index (χ3n) is 4.22. The zero-order valence-electron chi connectivity index (χ0n) is 15.1. The fourth-order valence-corrected chi connectivity index (χ4v) is 3.07. The molecule has 2 aromatic heterocycles. The van der Waals surface area contributed by atoms with Crippen LogP contribution in [0.25, 0.3) is 12.2 Å². The number of nitrogens with zero attached hydrogens (tertiary/aromatic N) is 3. The molecule has 1 aliphatic heterocycles. The van der Waals surface area contributed by atoms with Crippen LogP contribution in [0.1, 0.15) is 43.8 Å². The third kappa shape index (κ3) is 4.65. The molecule has 0 aromatic carbocycles. The van der Waals surface area contributed by atoms with E-state index in [-0.39, 0.29) is 18.2 Å². The monoisotopic (exact) mass is 338 g/mol. The number of morpholine rings is 1. The zero-order chi connectivity index (χ0) is 17.8. The van der Waals surface area contributed by atoms with Crippen LogP contribution in [0.5, 0.6) is 0 Å². The number of hydrogen-bond acceptors (Lipinski definition) is 5. The van der Waals surface area contributed by atoms with Crippen LogP contribution in [0.15, 0.2) is 36.5 Å². The van der Waals surface area contributed by atoms with Crippen LogP contribution in [-0.2, 0) is 4.74 Å². The molecule has 132 valence electrons. The van der Waals surface area contributed by atoms with Crippen molar-refractivity contribution in [2.75, 3.05) is 18.0 Å². The molecule has 1 aliphatic rings. The lowest BCUT2D eigenvalue weighted by Crippen LogP contribution is -2.45. The number of hydrogen-bond donors (Lipinski definition) is 1. The summed E-state index contributed by atoms with van der Waals surface area (Å²) in [5.41, 5.74) is 8.80. The Kier molecular flexibility index (Phi) is 5.46. The average Bonchev–Trinajstić information content (AvgIpc) is 2.59. The maximum absolute atomic E-state index is 5.90. The Morgan fingerprint density at radius 1 is 1.20 bits per heavy atom. The Morgan fingerprint density at radius 3 is 2.68 bits per heavy atom. The zero-order valence-corrected chi connectivity index (χ0v) is 15.1. The molecule has 1 unspecified atom stereocenters. The van der Waals surface area contributed by atoms with E-state index in [9.17, 15) is 0 Å². The molecule has 0 bridgehead atoms. The van der Waals surface area contributed by atoms with E-state index in [2.05, 4.69) is 29.8 Å². The highest BCUT2D eigenvalue weighted by molar-refractivity contribution is 5.68. The second-order valence-electron chi connectivity index (χ2n) is 6.72. The standard InChI is InChI=1S/C20H26N4O/c1-14-12-24(13-15(2)25-14)20-6-4-5-18(23-20)8-7-17-9-10-22-19(11-17)16(3)21/h4-11,14-16H,12-13,21H2,1-3H3/t14-,15+,16?. The average molecular weight is 338 g/mol. The Morgan fingerprint density at radius 2 is 1.96 bits per heavy atom. The van der Waals surface area contributed by atoms with Crippen LogP contribution in [0.2, 0.25) is 0 Å². The summed E-state index contributed by atoms with van der Waals surface area (Å²) in [5, 5.41) is 0. The summed E-state index contributed by atoms with van der Waals surface area (Å²) in [7, 11) is 0. The molecule has 1 saturated heterocycles. The van der Waals surface area contributed by atoms with Gasteiger partial charge in [0.2, 0.25) is 0 Å². The minimum Gasteiger partial charge on any atom is -0.372 e. The molecule has 2 N–H and O–H groups in total. The SMILES string of the molecule is CC(N)c1cc(C=Cc2cccc(N3C[C@@H](C)O[C@@H](C)C3)n2)ccn1. The summed E-state index contributed by atoms with van der Waals surface area (Å²) in [6.45, 7) is 7.88. The van der Waals surface area contributed by atoms with E-state index < -0.39 is 0 Å². The van der Waals surface area contributed by atoms with Gasteiger partial charge in [-0.2, -0.15) is 0 Å². The van der Waals surface area contributed by atoms with Crippen LogP contribution >= 0.6 is 0 Å².